The summed E-state index contributed by atoms with van der Waals surface area (Å²) in [4.78, 5) is 10.9. The average molecular weight is 305 g/mol. The summed E-state index contributed by atoms with van der Waals surface area (Å²) >= 11 is 0. The zero-order valence-corrected chi connectivity index (χ0v) is 14.6. The molecule has 0 aromatic carbocycles. The summed E-state index contributed by atoms with van der Waals surface area (Å²) < 4.78 is 17.9. The summed E-state index contributed by atoms with van der Waals surface area (Å²) in [5.74, 6) is 0.114. The van der Waals surface area contributed by atoms with Crippen LogP contribution in [0.5, 0.6) is 0 Å². The minimum absolute atomic E-state index is 0.196. The Balaban J connectivity index is 5.01. The van der Waals surface area contributed by atoms with Crippen molar-refractivity contribution in [3.8, 4) is 0 Å². The predicted octanol–water partition coefficient (Wildman–Crippen LogP) is 2.72. The molecule has 0 heterocycles. The Morgan fingerprint density at radius 2 is 1.50 bits per heavy atom. The summed E-state index contributed by atoms with van der Waals surface area (Å²) in [6.45, 7) is 11.9. The maximum atomic E-state index is 10.9. The van der Waals surface area contributed by atoms with E-state index < -0.39 is 8.80 Å². The van der Waals surface area contributed by atoms with Crippen molar-refractivity contribution in [2.45, 2.75) is 59.4 Å². The van der Waals surface area contributed by atoms with Crippen molar-refractivity contribution in [2.75, 3.05) is 19.8 Å². The molecule has 0 aromatic heterocycles. The van der Waals surface area contributed by atoms with E-state index in [0.717, 1.165) is 12.8 Å². The third-order valence-corrected chi connectivity index (χ3v) is 7.17. The molecular weight excluding hydrogens is 274 g/mol. The monoisotopic (exact) mass is 305 g/mol. The van der Waals surface area contributed by atoms with Crippen LogP contribution in [0.1, 0.15) is 53.9 Å². The highest BCUT2D eigenvalue weighted by atomic mass is 28.4. The Kier molecular flexibility index (Phi) is 10.1. The zero-order valence-electron chi connectivity index (χ0n) is 13.6. The van der Waals surface area contributed by atoms with E-state index in [1.165, 1.54) is 0 Å². The number of hydrogen-bond acceptors (Lipinski definition) is 4. The number of nitrogens with two attached hydrogens (primary N) is 1. The van der Waals surface area contributed by atoms with Crippen LogP contribution >= 0.6 is 0 Å². The standard InChI is InChI=1S/C14H31NO4Si/c1-6-17-20(18-7-2,19-8-3)13(12(4)5)10-9-11-14(15)16/h12-13H,6-11H2,1-5H3,(H2,15,16). The molecule has 5 nitrogen and oxygen atoms in total. The normalized spacial score (nSPS) is 13.7. The molecule has 20 heavy (non-hydrogen) atoms. The number of amides is 1. The van der Waals surface area contributed by atoms with Gasteiger partial charge in [-0.25, -0.2) is 0 Å². The summed E-state index contributed by atoms with van der Waals surface area (Å²) in [7, 11) is -2.71. The van der Waals surface area contributed by atoms with Crippen molar-refractivity contribution in [3.63, 3.8) is 0 Å². The van der Waals surface area contributed by atoms with Crippen LogP contribution in [0.4, 0.5) is 0 Å². The molecule has 0 bridgehead atoms. The van der Waals surface area contributed by atoms with Crippen molar-refractivity contribution in [3.05, 3.63) is 0 Å². The minimum Gasteiger partial charge on any atom is -0.374 e. The van der Waals surface area contributed by atoms with E-state index in [4.69, 9.17) is 19.0 Å². The molecule has 120 valence electrons. The lowest BCUT2D eigenvalue weighted by molar-refractivity contribution is -0.118. The minimum atomic E-state index is -2.71. The summed E-state index contributed by atoms with van der Waals surface area (Å²) in [5.41, 5.74) is 5.41. The SMILES string of the molecule is CCO[Si](OCC)(OCC)C(CCCC(N)=O)C(C)C. The van der Waals surface area contributed by atoms with Gasteiger partial charge < -0.3 is 19.0 Å². The topological polar surface area (TPSA) is 70.8 Å². The van der Waals surface area contributed by atoms with Gasteiger partial charge in [0, 0.05) is 31.8 Å². The number of hydrogen-bond donors (Lipinski definition) is 1. The van der Waals surface area contributed by atoms with Crippen LogP contribution in [0, 0.1) is 5.92 Å². The van der Waals surface area contributed by atoms with Crippen LogP contribution < -0.4 is 5.73 Å². The van der Waals surface area contributed by atoms with Crippen LogP contribution in [0.3, 0.4) is 0 Å². The van der Waals surface area contributed by atoms with E-state index in [9.17, 15) is 4.79 Å². The second-order valence-corrected chi connectivity index (χ2v) is 7.93. The van der Waals surface area contributed by atoms with Crippen LogP contribution in [0.15, 0.2) is 0 Å². The molecule has 1 amide bonds. The molecule has 1 atom stereocenters. The van der Waals surface area contributed by atoms with E-state index in [2.05, 4.69) is 13.8 Å². The van der Waals surface area contributed by atoms with Gasteiger partial charge in [-0.1, -0.05) is 13.8 Å². The summed E-state index contributed by atoms with van der Waals surface area (Å²) in [6, 6.07) is 0. The third-order valence-electron chi connectivity index (χ3n) is 3.23. The van der Waals surface area contributed by atoms with Crippen LogP contribution in [-0.4, -0.2) is 34.5 Å². The van der Waals surface area contributed by atoms with Gasteiger partial charge in [-0.05, 0) is 39.5 Å². The van der Waals surface area contributed by atoms with Crippen molar-refractivity contribution in [2.24, 2.45) is 11.7 Å². The van der Waals surface area contributed by atoms with Gasteiger partial charge in [0.05, 0.1) is 0 Å². The highest BCUT2D eigenvalue weighted by Gasteiger charge is 2.49. The largest absolute Gasteiger partial charge is 0.504 e. The van der Waals surface area contributed by atoms with Gasteiger partial charge in [0.2, 0.25) is 5.91 Å². The molecule has 0 aliphatic rings. The molecule has 0 fully saturated rings. The summed E-state index contributed by atoms with van der Waals surface area (Å²) in [6.07, 6.45) is 1.99. The molecule has 0 saturated heterocycles. The van der Waals surface area contributed by atoms with Crippen molar-refractivity contribution in [1.82, 2.24) is 0 Å². The van der Waals surface area contributed by atoms with Gasteiger partial charge in [-0.3, -0.25) is 4.79 Å². The van der Waals surface area contributed by atoms with Gasteiger partial charge in [0.1, 0.15) is 0 Å². The molecule has 0 rings (SSSR count). The Labute approximate surface area is 124 Å². The number of rotatable bonds is 12. The number of carbonyl (C=O) groups excluding carboxylic acids is 1. The molecule has 0 radical (unpaired) electrons. The zero-order chi connectivity index (χ0) is 15.6. The molecule has 0 saturated carbocycles. The lowest BCUT2D eigenvalue weighted by atomic mass is 10.0. The Bertz CT molecular complexity index is 257. The maximum Gasteiger partial charge on any atom is 0.504 e. The molecule has 1 unspecified atom stereocenters. The lowest BCUT2D eigenvalue weighted by Crippen LogP contribution is -2.52. The third kappa shape index (κ3) is 6.34. The maximum absolute atomic E-state index is 10.9. The molecule has 0 aliphatic carbocycles. The van der Waals surface area contributed by atoms with Gasteiger partial charge in [0.15, 0.2) is 0 Å². The Hall–Kier alpha value is -0.433. The van der Waals surface area contributed by atoms with E-state index in [-0.39, 0.29) is 11.4 Å². The van der Waals surface area contributed by atoms with Crippen molar-refractivity contribution >= 4 is 14.7 Å². The van der Waals surface area contributed by atoms with Crippen LogP contribution in [0.25, 0.3) is 0 Å². The summed E-state index contributed by atoms with van der Waals surface area (Å²) in [5, 5.41) is 0. The molecule has 0 spiro atoms. The molecule has 0 aromatic rings. The number of primary amides is 1. The van der Waals surface area contributed by atoms with Crippen LogP contribution in [-0.2, 0) is 18.1 Å². The van der Waals surface area contributed by atoms with Gasteiger partial charge in [-0.2, -0.15) is 0 Å². The molecule has 2 N–H and O–H groups in total. The smallest absolute Gasteiger partial charge is 0.374 e. The second kappa shape index (κ2) is 10.3. The van der Waals surface area contributed by atoms with E-state index in [1.54, 1.807) is 0 Å². The van der Waals surface area contributed by atoms with E-state index >= 15 is 0 Å². The first kappa shape index (κ1) is 19.6. The fraction of sp³-hybridized carbons (Fsp3) is 0.929. The first-order valence-corrected chi connectivity index (χ1v) is 9.43. The highest BCUT2D eigenvalue weighted by molar-refractivity contribution is 6.62. The van der Waals surface area contributed by atoms with Gasteiger partial charge in [-0.15, -0.1) is 0 Å². The first-order valence-electron chi connectivity index (χ1n) is 7.63. The predicted molar refractivity (Wildman–Crippen MR) is 82.3 cm³/mol. The second-order valence-electron chi connectivity index (χ2n) is 5.11. The fourth-order valence-electron chi connectivity index (χ4n) is 2.46. The lowest BCUT2D eigenvalue weighted by Gasteiger charge is -2.37. The molecule has 6 heteroatoms. The Morgan fingerprint density at radius 3 is 1.80 bits per heavy atom. The quantitative estimate of drug-likeness (QED) is 0.563. The Morgan fingerprint density at radius 1 is 1.05 bits per heavy atom. The van der Waals surface area contributed by atoms with E-state index in [0.29, 0.717) is 32.2 Å². The van der Waals surface area contributed by atoms with Crippen molar-refractivity contribution in [1.29, 1.82) is 0 Å². The van der Waals surface area contributed by atoms with Gasteiger partial charge in [0.25, 0.3) is 0 Å². The average Bonchev–Trinajstić information content (AvgIpc) is 2.34. The molecule has 0 aliphatic heterocycles. The first-order chi connectivity index (χ1) is 9.43. The highest BCUT2D eigenvalue weighted by Crippen LogP contribution is 2.37. The fourth-order valence-corrected chi connectivity index (χ4v) is 5.94. The van der Waals surface area contributed by atoms with Crippen molar-refractivity contribution < 1.29 is 18.1 Å². The van der Waals surface area contributed by atoms with Gasteiger partial charge >= 0.3 is 8.80 Å². The molecular formula is C14H31NO4Si. The number of carbonyl (C=O) groups is 1. The van der Waals surface area contributed by atoms with Crippen LogP contribution in [0.2, 0.25) is 5.54 Å². The van der Waals surface area contributed by atoms with E-state index in [1.807, 2.05) is 20.8 Å².